The largest absolute Gasteiger partial charge is 0.465 e. The predicted molar refractivity (Wildman–Crippen MR) is 108 cm³/mol. The number of hydrogen-bond acceptors (Lipinski definition) is 5. The van der Waals surface area contributed by atoms with Gasteiger partial charge in [0.1, 0.15) is 11.4 Å². The fraction of sp³-hybridized carbons (Fsp3) is 0.500. The molecule has 0 aromatic heterocycles. The molecule has 0 spiro atoms. The van der Waals surface area contributed by atoms with Crippen LogP contribution in [0.15, 0.2) is 15.4 Å². The first-order valence-electron chi connectivity index (χ1n) is 7.34. The summed E-state index contributed by atoms with van der Waals surface area (Å²) in [6.07, 6.45) is -0.510. The van der Waals surface area contributed by atoms with Gasteiger partial charge in [0, 0.05) is 20.3 Å². The van der Waals surface area contributed by atoms with E-state index in [0.29, 0.717) is 14.2 Å². The molecular formula is C16H20BrFINO4S. The lowest BCUT2D eigenvalue weighted by Crippen LogP contribution is -2.38. The number of amides is 1. The molecule has 1 aromatic carbocycles. The molecule has 0 fully saturated rings. The molecule has 0 saturated carbocycles. The van der Waals surface area contributed by atoms with Crippen LogP contribution in [-0.2, 0) is 9.47 Å². The quantitative estimate of drug-likeness (QED) is 0.244. The second-order valence-corrected chi connectivity index (χ2v) is 9.11. The van der Waals surface area contributed by atoms with Gasteiger partial charge < -0.3 is 14.8 Å². The fourth-order valence-corrected chi connectivity index (χ4v) is 4.82. The summed E-state index contributed by atoms with van der Waals surface area (Å²) < 4.78 is 24.8. The number of alkyl carbamates (subject to hydrolysis) is 1. The number of ether oxygens (including phenoxy) is 2. The Balaban J connectivity index is 2.84. The van der Waals surface area contributed by atoms with E-state index in [0.717, 1.165) is 6.07 Å². The van der Waals surface area contributed by atoms with Crippen molar-refractivity contribution >= 4 is 62.3 Å². The molecule has 0 heterocycles. The Labute approximate surface area is 173 Å². The molecule has 1 aromatic rings. The molecule has 0 saturated heterocycles. The number of halogens is 3. The molecule has 0 radical (unpaired) electrons. The second kappa shape index (κ2) is 9.40. The smallest absolute Gasteiger partial charge is 0.407 e. The monoisotopic (exact) mass is 547 g/mol. The van der Waals surface area contributed by atoms with Crippen LogP contribution in [0.5, 0.6) is 0 Å². The third-order valence-corrected chi connectivity index (χ3v) is 6.65. The molecule has 5 nitrogen and oxygen atoms in total. The molecule has 0 aliphatic heterocycles. The SMILES string of the molecule is COC(=O)c1cc(F)c(Br)c(SC[C@H](C)NC(=O)OC(C)(C)C)c1I. The van der Waals surface area contributed by atoms with Gasteiger partial charge in [0.2, 0.25) is 0 Å². The van der Waals surface area contributed by atoms with Crippen LogP contribution >= 0.6 is 50.3 Å². The molecule has 1 amide bonds. The van der Waals surface area contributed by atoms with E-state index in [2.05, 4.69) is 26.0 Å². The number of carbonyl (C=O) groups excluding carboxylic acids is 2. The van der Waals surface area contributed by atoms with Gasteiger partial charge in [0.05, 0.1) is 17.1 Å². The standard InChI is InChI=1S/C16H20BrFINO4S/c1-8(20-15(22)24-16(2,3)4)7-25-13-11(17)10(18)6-9(12(13)19)14(21)23-5/h6,8H,7H2,1-5H3,(H,20,22)/t8-/m0/s1. The van der Waals surface area contributed by atoms with Crippen LogP contribution in [0.1, 0.15) is 38.1 Å². The summed E-state index contributed by atoms with van der Waals surface area (Å²) in [6, 6.07) is 0.928. The zero-order chi connectivity index (χ0) is 19.4. The molecule has 1 N–H and O–H groups in total. The van der Waals surface area contributed by atoms with Gasteiger partial charge in [-0.15, -0.1) is 11.8 Å². The topological polar surface area (TPSA) is 64.6 Å². The van der Waals surface area contributed by atoms with E-state index in [9.17, 15) is 14.0 Å². The van der Waals surface area contributed by atoms with E-state index < -0.39 is 23.5 Å². The first-order chi connectivity index (χ1) is 11.5. The summed E-state index contributed by atoms with van der Waals surface area (Å²) in [5.74, 6) is -0.675. The normalized spacial score (nSPS) is 12.5. The minimum absolute atomic E-state index is 0.166. The van der Waals surface area contributed by atoms with Gasteiger partial charge in [-0.1, -0.05) is 0 Å². The third-order valence-electron chi connectivity index (χ3n) is 2.76. The van der Waals surface area contributed by atoms with Crippen molar-refractivity contribution in [3.05, 3.63) is 25.5 Å². The van der Waals surface area contributed by atoms with Gasteiger partial charge >= 0.3 is 12.1 Å². The van der Waals surface area contributed by atoms with Gasteiger partial charge in [0.25, 0.3) is 0 Å². The minimum Gasteiger partial charge on any atom is -0.465 e. The molecule has 0 bridgehead atoms. The third kappa shape index (κ3) is 6.93. The average molecular weight is 548 g/mol. The second-order valence-electron chi connectivity index (χ2n) is 6.21. The first-order valence-corrected chi connectivity index (χ1v) is 10.2. The van der Waals surface area contributed by atoms with Crippen LogP contribution < -0.4 is 5.32 Å². The van der Waals surface area contributed by atoms with Gasteiger partial charge in [-0.25, -0.2) is 14.0 Å². The number of nitrogens with one attached hydrogen (secondary N) is 1. The van der Waals surface area contributed by atoms with Crippen molar-refractivity contribution in [2.24, 2.45) is 0 Å². The lowest BCUT2D eigenvalue weighted by Gasteiger charge is -2.22. The summed E-state index contributed by atoms with van der Waals surface area (Å²) in [7, 11) is 1.25. The Hall–Kier alpha value is -0.550. The highest BCUT2D eigenvalue weighted by atomic mass is 127. The van der Waals surface area contributed by atoms with E-state index in [1.165, 1.54) is 18.9 Å². The van der Waals surface area contributed by atoms with Crippen LogP contribution in [-0.4, -0.2) is 36.6 Å². The number of hydrogen-bond donors (Lipinski definition) is 1. The number of esters is 1. The van der Waals surface area contributed by atoms with Crippen molar-refractivity contribution in [1.82, 2.24) is 5.32 Å². The maximum Gasteiger partial charge on any atom is 0.407 e. The fourth-order valence-electron chi connectivity index (χ4n) is 1.72. The van der Waals surface area contributed by atoms with Crippen LogP contribution in [0.3, 0.4) is 0 Å². The number of thioether (sulfide) groups is 1. The van der Waals surface area contributed by atoms with Crippen LogP contribution in [0, 0.1) is 9.39 Å². The highest BCUT2D eigenvalue weighted by molar-refractivity contribution is 14.1. The van der Waals surface area contributed by atoms with Gasteiger partial charge in [-0.05, 0) is 72.3 Å². The Morgan fingerprint density at radius 3 is 2.56 bits per heavy atom. The highest BCUT2D eigenvalue weighted by Crippen LogP contribution is 2.36. The summed E-state index contributed by atoms with van der Waals surface area (Å²) in [5, 5.41) is 2.72. The van der Waals surface area contributed by atoms with Gasteiger partial charge in [-0.3, -0.25) is 0 Å². The summed E-state index contributed by atoms with van der Waals surface area (Å²) in [6.45, 7) is 7.17. The summed E-state index contributed by atoms with van der Waals surface area (Å²) in [5.41, 5.74) is -0.410. The van der Waals surface area contributed by atoms with Crippen molar-refractivity contribution in [3.8, 4) is 0 Å². The van der Waals surface area contributed by atoms with Crippen LogP contribution in [0.25, 0.3) is 0 Å². The molecule has 0 unspecified atom stereocenters. The Bertz CT molecular complexity index is 667. The maximum atomic E-state index is 14.1. The zero-order valence-electron chi connectivity index (χ0n) is 14.5. The lowest BCUT2D eigenvalue weighted by molar-refractivity contribution is 0.0512. The van der Waals surface area contributed by atoms with Crippen molar-refractivity contribution in [2.45, 2.75) is 44.2 Å². The van der Waals surface area contributed by atoms with Gasteiger partial charge in [0.15, 0.2) is 0 Å². The molecule has 1 rings (SSSR count). The molecule has 1 atom stereocenters. The molecular weight excluding hydrogens is 528 g/mol. The van der Waals surface area contributed by atoms with Crippen molar-refractivity contribution in [2.75, 3.05) is 12.9 Å². The van der Waals surface area contributed by atoms with E-state index in [4.69, 9.17) is 4.74 Å². The van der Waals surface area contributed by atoms with Crippen molar-refractivity contribution in [3.63, 3.8) is 0 Å². The summed E-state index contributed by atoms with van der Waals surface area (Å²) >= 11 is 6.52. The Morgan fingerprint density at radius 1 is 1.44 bits per heavy atom. The molecule has 0 aliphatic carbocycles. The molecule has 9 heteroatoms. The number of methoxy groups -OCH3 is 1. The van der Waals surface area contributed by atoms with E-state index >= 15 is 0 Å². The molecule has 25 heavy (non-hydrogen) atoms. The minimum atomic E-state index is -0.599. The maximum absolute atomic E-state index is 14.1. The van der Waals surface area contributed by atoms with Crippen LogP contribution in [0.2, 0.25) is 0 Å². The van der Waals surface area contributed by atoms with Crippen molar-refractivity contribution in [1.29, 1.82) is 0 Å². The van der Waals surface area contributed by atoms with E-state index in [-0.39, 0.29) is 16.1 Å². The van der Waals surface area contributed by atoms with Gasteiger partial charge in [-0.2, -0.15) is 0 Å². The first kappa shape index (κ1) is 22.5. The van der Waals surface area contributed by atoms with E-state index in [1.54, 1.807) is 20.8 Å². The van der Waals surface area contributed by atoms with Crippen molar-refractivity contribution < 1.29 is 23.5 Å². The Morgan fingerprint density at radius 2 is 2.04 bits per heavy atom. The molecule has 140 valence electrons. The number of benzene rings is 1. The Kier molecular flexibility index (Phi) is 8.46. The zero-order valence-corrected chi connectivity index (χ0v) is 19.1. The highest BCUT2D eigenvalue weighted by Gasteiger charge is 2.22. The lowest BCUT2D eigenvalue weighted by atomic mass is 10.2. The van der Waals surface area contributed by atoms with E-state index in [1.807, 2.05) is 29.5 Å². The summed E-state index contributed by atoms with van der Waals surface area (Å²) in [4.78, 5) is 24.1. The number of carbonyl (C=O) groups is 2. The number of rotatable bonds is 5. The van der Waals surface area contributed by atoms with Crippen LogP contribution in [0.4, 0.5) is 9.18 Å². The average Bonchev–Trinajstić information content (AvgIpc) is 2.48. The predicted octanol–water partition coefficient (Wildman–Crippen LogP) is 4.98. The molecule has 0 aliphatic rings.